The van der Waals surface area contributed by atoms with Crippen LogP contribution in [0.2, 0.25) is 0 Å². The van der Waals surface area contributed by atoms with Crippen LogP contribution in [0.1, 0.15) is 0 Å². The molecule has 0 aromatic heterocycles. The van der Waals surface area contributed by atoms with Gasteiger partial charge in [-0.2, -0.15) is 0 Å². The summed E-state index contributed by atoms with van der Waals surface area (Å²) in [4.78, 5) is 0. The van der Waals surface area contributed by atoms with Crippen LogP contribution in [0, 0.1) is 10.8 Å². The summed E-state index contributed by atoms with van der Waals surface area (Å²) in [6.07, 6.45) is 0. The van der Waals surface area contributed by atoms with Gasteiger partial charge in [-0.05, 0) is 7.05 Å². The fourth-order valence-electron chi connectivity index (χ4n) is 0. The van der Waals surface area contributed by atoms with Gasteiger partial charge >= 0.3 is 0 Å². The molecule has 0 atom stereocenters. The van der Waals surface area contributed by atoms with Crippen LogP contribution >= 0.6 is 0 Å². The molecule has 0 unspecified atom stereocenters. The van der Waals surface area contributed by atoms with Crippen LogP contribution in [0.3, 0.4) is 0 Å². The molecule has 0 fully saturated rings. The second kappa shape index (κ2) is 158. The fourth-order valence-corrected chi connectivity index (χ4v) is 0. The van der Waals surface area contributed by atoms with Crippen LogP contribution in [0.15, 0.2) is 0 Å². The lowest BCUT2D eigenvalue weighted by molar-refractivity contribution is 1.47. The van der Waals surface area contributed by atoms with Gasteiger partial charge < -0.3 is 5.73 Å². The van der Waals surface area contributed by atoms with Crippen LogP contribution in [-0.2, 0) is 0 Å². The Morgan fingerprint density at radius 3 is 1.40 bits per heavy atom. The van der Waals surface area contributed by atoms with Crippen molar-refractivity contribution in [1.29, 1.82) is 10.8 Å². The molecule has 0 aliphatic heterocycles. The van der Waals surface area contributed by atoms with Gasteiger partial charge in [0.15, 0.2) is 0 Å². The number of hydrogen-bond acceptors (Lipinski definition) is 3. The second-order valence-electron chi connectivity index (χ2n) is 0.125. The van der Waals surface area contributed by atoms with Crippen LogP contribution < -0.4 is 5.73 Å². The van der Waals surface area contributed by atoms with E-state index in [9.17, 15) is 0 Å². The SMILES string of the molecule is CN.N=C=N. The smallest absolute Gasteiger partial charge is 0.0831 e. The molecule has 30 valence electrons. The molecule has 5 heavy (non-hydrogen) atoms. The summed E-state index contributed by atoms with van der Waals surface area (Å²) in [5.74, 6) is 0. The Morgan fingerprint density at radius 2 is 1.40 bits per heavy atom. The summed E-state index contributed by atoms with van der Waals surface area (Å²) in [6.45, 7) is 0. The molecular weight excluding hydrogens is 66.0 g/mol. The van der Waals surface area contributed by atoms with E-state index in [2.05, 4.69) is 5.73 Å². The molecule has 0 radical (unpaired) electrons. The van der Waals surface area contributed by atoms with E-state index in [1.165, 1.54) is 13.1 Å². The highest BCUT2D eigenvalue weighted by molar-refractivity contribution is 5.29. The average molecular weight is 73.1 g/mol. The molecule has 0 spiro atoms. The lowest BCUT2D eigenvalue weighted by atomic mass is 11.6. The topological polar surface area (TPSA) is 73.7 Å². The Kier molecular flexibility index (Phi) is 280. The zero-order chi connectivity index (χ0) is 4.71. The maximum absolute atomic E-state index is 5.62. The minimum atomic E-state index is 1.25. The van der Waals surface area contributed by atoms with E-state index < -0.39 is 0 Å². The number of hydrogen-bond donors (Lipinski definition) is 3. The lowest BCUT2D eigenvalue weighted by Gasteiger charge is -1.19. The van der Waals surface area contributed by atoms with E-state index in [1.807, 2.05) is 0 Å². The van der Waals surface area contributed by atoms with Crippen molar-refractivity contribution in [3.63, 3.8) is 0 Å². The first-order valence-electron chi connectivity index (χ1n) is 1.08. The van der Waals surface area contributed by atoms with Gasteiger partial charge in [0.25, 0.3) is 0 Å². The normalized spacial score (nSPS) is 2.80. The van der Waals surface area contributed by atoms with Crippen molar-refractivity contribution < 1.29 is 0 Å². The zero-order valence-corrected chi connectivity index (χ0v) is 3.08. The Labute approximate surface area is 30.8 Å². The highest BCUT2D eigenvalue weighted by atomic mass is 14.4. The minimum absolute atomic E-state index is 1.25. The van der Waals surface area contributed by atoms with Gasteiger partial charge in [-0.25, -0.2) is 10.8 Å². The minimum Gasteiger partial charge on any atom is -0.333 e. The molecular formula is C2H7N3. The molecule has 0 rings (SSSR count). The third kappa shape index (κ3) is 13.8. The molecule has 0 aliphatic carbocycles. The summed E-state index contributed by atoms with van der Waals surface area (Å²) in [5.41, 5.74) is 4.50. The molecule has 0 aromatic rings. The van der Waals surface area contributed by atoms with Crippen LogP contribution in [-0.4, -0.2) is 13.1 Å². The molecule has 4 N–H and O–H groups in total. The molecule has 0 bridgehead atoms. The van der Waals surface area contributed by atoms with Crippen LogP contribution in [0.4, 0.5) is 0 Å². The number of rotatable bonds is 0. The Balaban J connectivity index is 0. The molecule has 0 heterocycles. The first-order chi connectivity index (χ1) is 2.41. The third-order valence-corrected chi connectivity index (χ3v) is 0. The van der Waals surface area contributed by atoms with Crippen molar-refractivity contribution in [3.05, 3.63) is 0 Å². The van der Waals surface area contributed by atoms with E-state index in [4.69, 9.17) is 10.8 Å². The lowest BCUT2D eigenvalue weighted by Crippen LogP contribution is -1.69. The largest absolute Gasteiger partial charge is 0.333 e. The Morgan fingerprint density at radius 1 is 1.40 bits per heavy atom. The fraction of sp³-hybridized carbons (Fsp3) is 0.500. The molecule has 0 aromatic carbocycles. The standard InChI is InChI=1S/CH2N2.CH5N/c2-1-3;1-2/h2-3H;2H2,1H3. The highest BCUT2D eigenvalue weighted by Crippen LogP contribution is 0.920. The van der Waals surface area contributed by atoms with Gasteiger partial charge in [-0.1, -0.05) is 0 Å². The first-order valence-corrected chi connectivity index (χ1v) is 1.08. The van der Waals surface area contributed by atoms with Crippen molar-refractivity contribution in [2.45, 2.75) is 0 Å². The van der Waals surface area contributed by atoms with Crippen LogP contribution in [0.5, 0.6) is 0 Å². The summed E-state index contributed by atoms with van der Waals surface area (Å²) < 4.78 is 0. The van der Waals surface area contributed by atoms with Crippen molar-refractivity contribution >= 4 is 6.01 Å². The third-order valence-electron chi connectivity index (χ3n) is 0. The molecule has 0 saturated heterocycles. The van der Waals surface area contributed by atoms with E-state index in [-0.39, 0.29) is 0 Å². The molecule has 0 amide bonds. The van der Waals surface area contributed by atoms with Gasteiger partial charge in [0.2, 0.25) is 0 Å². The first kappa shape index (κ1) is 8.84. The van der Waals surface area contributed by atoms with Gasteiger partial charge in [-0.15, -0.1) is 0 Å². The zero-order valence-electron chi connectivity index (χ0n) is 3.08. The average Bonchev–Trinajstić information content (AvgIpc) is 1.46. The Hall–Kier alpha value is -0.660. The van der Waals surface area contributed by atoms with Gasteiger partial charge in [0.1, 0.15) is 0 Å². The van der Waals surface area contributed by atoms with E-state index in [0.717, 1.165) is 0 Å². The maximum Gasteiger partial charge on any atom is 0.0831 e. The van der Waals surface area contributed by atoms with Crippen LogP contribution in [0.25, 0.3) is 0 Å². The molecule has 0 saturated carbocycles. The second-order valence-corrected chi connectivity index (χ2v) is 0.125. The van der Waals surface area contributed by atoms with E-state index in [0.29, 0.717) is 0 Å². The summed E-state index contributed by atoms with van der Waals surface area (Å²) in [5, 5.41) is 11.2. The quantitative estimate of drug-likeness (QED) is 0.344. The number of nitrogens with one attached hydrogen (secondary N) is 2. The molecule has 3 nitrogen and oxygen atoms in total. The number of nitrogens with two attached hydrogens (primary N) is 1. The van der Waals surface area contributed by atoms with Gasteiger partial charge in [0, 0.05) is 0 Å². The summed E-state index contributed by atoms with van der Waals surface area (Å²) >= 11 is 0. The maximum atomic E-state index is 5.62. The van der Waals surface area contributed by atoms with Crippen molar-refractivity contribution in [1.82, 2.24) is 0 Å². The molecule has 3 heteroatoms. The molecule has 0 aliphatic rings. The van der Waals surface area contributed by atoms with Gasteiger partial charge in [-0.3, -0.25) is 0 Å². The van der Waals surface area contributed by atoms with Crippen molar-refractivity contribution in [3.8, 4) is 0 Å². The van der Waals surface area contributed by atoms with Crippen molar-refractivity contribution in [2.75, 3.05) is 7.05 Å². The van der Waals surface area contributed by atoms with E-state index >= 15 is 0 Å². The Bertz CT molecular complexity index is 25.9. The monoisotopic (exact) mass is 73.1 g/mol. The highest BCUT2D eigenvalue weighted by Gasteiger charge is 0.934. The predicted octanol–water partition coefficient (Wildman–Crippen LogP) is -0.107. The summed E-state index contributed by atoms with van der Waals surface area (Å²) in [7, 11) is 1.50. The summed E-state index contributed by atoms with van der Waals surface area (Å²) in [6, 6.07) is 1.25. The van der Waals surface area contributed by atoms with E-state index in [1.54, 1.807) is 0 Å². The van der Waals surface area contributed by atoms with Crippen molar-refractivity contribution in [2.24, 2.45) is 5.73 Å². The van der Waals surface area contributed by atoms with Gasteiger partial charge in [0.05, 0.1) is 6.01 Å². The predicted molar refractivity (Wildman–Crippen MR) is 20.6 cm³/mol.